The topological polar surface area (TPSA) is 90.3 Å². The summed E-state index contributed by atoms with van der Waals surface area (Å²) >= 11 is 0. The summed E-state index contributed by atoms with van der Waals surface area (Å²) in [6, 6.07) is 9.71. The van der Waals surface area contributed by atoms with Crippen LogP contribution in [0.15, 0.2) is 30.3 Å². The number of nitrogens with one attached hydrogen (secondary N) is 1. The highest BCUT2D eigenvalue weighted by molar-refractivity contribution is 6.41. The Bertz CT molecular complexity index is 812. The Hall–Kier alpha value is -2.96. The van der Waals surface area contributed by atoms with Gasteiger partial charge < -0.3 is 10.1 Å². The second-order valence-electron chi connectivity index (χ2n) is 6.07. The van der Waals surface area contributed by atoms with Crippen LogP contribution in [0.4, 0.5) is 0 Å². The number of hydrogen-bond acceptors (Lipinski definition) is 5. The molecule has 1 N–H and O–H groups in total. The van der Waals surface area contributed by atoms with Crippen LogP contribution in [0, 0.1) is 13.8 Å². The van der Waals surface area contributed by atoms with Gasteiger partial charge in [0, 0.05) is 19.3 Å². The minimum atomic E-state index is -1.06. The van der Waals surface area contributed by atoms with Crippen LogP contribution in [0.3, 0.4) is 0 Å². The molecule has 0 radical (unpaired) electrons. The van der Waals surface area contributed by atoms with Gasteiger partial charge in [-0.1, -0.05) is 30.3 Å². The van der Waals surface area contributed by atoms with E-state index in [1.165, 1.54) is 11.6 Å². The number of aryl methyl sites for hydroxylation is 2. The summed E-state index contributed by atoms with van der Waals surface area (Å²) in [6.45, 7) is 5.19. The Balaban J connectivity index is 1.87. The van der Waals surface area contributed by atoms with Gasteiger partial charge >= 0.3 is 5.97 Å². The Labute approximate surface area is 152 Å². The molecule has 0 saturated carbocycles. The minimum Gasteiger partial charge on any atom is -0.447 e. The van der Waals surface area contributed by atoms with Crippen molar-refractivity contribution < 1.29 is 19.1 Å². The first-order valence-electron chi connectivity index (χ1n) is 8.38. The van der Waals surface area contributed by atoms with Gasteiger partial charge in [0.2, 0.25) is 0 Å². The third-order valence-electron chi connectivity index (χ3n) is 4.13. The molecule has 1 atom stereocenters. The number of aromatic nitrogens is 2. The Morgan fingerprint density at radius 2 is 1.85 bits per heavy atom. The van der Waals surface area contributed by atoms with E-state index in [9.17, 15) is 14.4 Å². The monoisotopic (exact) mass is 357 g/mol. The van der Waals surface area contributed by atoms with Gasteiger partial charge in [-0.2, -0.15) is 5.10 Å². The van der Waals surface area contributed by atoms with Crippen molar-refractivity contribution in [3.8, 4) is 0 Å². The smallest absolute Gasteiger partial charge is 0.380 e. The average molecular weight is 357 g/mol. The quantitative estimate of drug-likeness (QED) is 0.461. The number of Topliss-reactive ketones (excluding diaryl/α,β-unsaturated/α-hetero) is 1. The Morgan fingerprint density at radius 1 is 1.19 bits per heavy atom. The number of ketones is 1. The van der Waals surface area contributed by atoms with Crippen molar-refractivity contribution in [3.05, 3.63) is 52.8 Å². The van der Waals surface area contributed by atoms with Crippen LogP contribution >= 0.6 is 0 Å². The van der Waals surface area contributed by atoms with Gasteiger partial charge in [-0.3, -0.25) is 14.3 Å². The van der Waals surface area contributed by atoms with Crippen LogP contribution < -0.4 is 5.32 Å². The van der Waals surface area contributed by atoms with Crippen LogP contribution in [0.1, 0.15) is 34.2 Å². The molecule has 138 valence electrons. The van der Waals surface area contributed by atoms with E-state index in [1.54, 1.807) is 20.9 Å². The van der Waals surface area contributed by atoms with Crippen LogP contribution in [0.5, 0.6) is 0 Å². The van der Waals surface area contributed by atoms with Crippen LogP contribution in [0.2, 0.25) is 0 Å². The lowest BCUT2D eigenvalue weighted by atomic mass is 10.1. The molecule has 7 heteroatoms. The summed E-state index contributed by atoms with van der Waals surface area (Å²) in [5.41, 5.74) is 2.33. The lowest BCUT2D eigenvalue weighted by molar-refractivity contribution is -0.150. The number of hydrogen-bond donors (Lipinski definition) is 1. The number of carbonyl (C=O) groups is 3. The molecule has 7 nitrogen and oxygen atoms in total. The van der Waals surface area contributed by atoms with E-state index in [-0.39, 0.29) is 5.56 Å². The molecule has 0 aliphatic carbocycles. The predicted octanol–water partition coefficient (Wildman–Crippen LogP) is 1.51. The van der Waals surface area contributed by atoms with Gasteiger partial charge in [0.25, 0.3) is 11.7 Å². The molecule has 1 aromatic carbocycles. The molecule has 1 aromatic heterocycles. The van der Waals surface area contributed by atoms with Crippen molar-refractivity contribution in [2.75, 3.05) is 6.54 Å². The summed E-state index contributed by atoms with van der Waals surface area (Å²) in [7, 11) is 1.69. The second-order valence-corrected chi connectivity index (χ2v) is 6.07. The first kappa shape index (κ1) is 19.4. The number of benzene rings is 1. The maximum absolute atomic E-state index is 12.3. The normalized spacial score (nSPS) is 11.7. The van der Waals surface area contributed by atoms with E-state index in [0.717, 1.165) is 5.56 Å². The van der Waals surface area contributed by atoms with E-state index in [4.69, 9.17) is 4.74 Å². The third kappa shape index (κ3) is 4.56. The lowest BCUT2D eigenvalue weighted by Gasteiger charge is -2.13. The summed E-state index contributed by atoms with van der Waals surface area (Å²) in [4.78, 5) is 36.4. The third-order valence-corrected chi connectivity index (χ3v) is 4.13. The fourth-order valence-corrected chi connectivity index (χ4v) is 2.59. The molecule has 0 aliphatic heterocycles. The average Bonchev–Trinajstić information content (AvgIpc) is 2.87. The lowest BCUT2D eigenvalue weighted by Crippen LogP contribution is -2.38. The number of carbonyl (C=O) groups excluding carboxylic acids is 3. The number of rotatable bonds is 7. The first-order valence-corrected chi connectivity index (χ1v) is 8.38. The largest absolute Gasteiger partial charge is 0.447 e. The van der Waals surface area contributed by atoms with Gasteiger partial charge in [0.15, 0.2) is 6.10 Å². The van der Waals surface area contributed by atoms with E-state index in [2.05, 4.69) is 10.4 Å². The molecule has 0 fully saturated rings. The van der Waals surface area contributed by atoms with Crippen LogP contribution in [-0.2, 0) is 27.8 Å². The molecule has 26 heavy (non-hydrogen) atoms. The number of amides is 1. The van der Waals surface area contributed by atoms with Gasteiger partial charge in [0.05, 0.1) is 11.3 Å². The zero-order chi connectivity index (χ0) is 19.3. The Kier molecular flexibility index (Phi) is 6.27. The van der Waals surface area contributed by atoms with Crippen molar-refractivity contribution in [2.24, 2.45) is 7.05 Å². The summed E-state index contributed by atoms with van der Waals surface area (Å²) < 4.78 is 6.54. The second kappa shape index (κ2) is 8.42. The standard InChI is InChI=1S/C19H23N3O4/c1-12-16(13(2)22(4)21-12)17(23)19(25)26-14(3)18(24)20-11-10-15-8-6-5-7-9-15/h5-9,14H,10-11H2,1-4H3,(H,20,24). The Morgan fingerprint density at radius 3 is 2.42 bits per heavy atom. The summed E-state index contributed by atoms with van der Waals surface area (Å²) in [6.07, 6.45) is -0.389. The fourth-order valence-electron chi connectivity index (χ4n) is 2.59. The highest BCUT2D eigenvalue weighted by Crippen LogP contribution is 2.13. The SMILES string of the molecule is Cc1nn(C)c(C)c1C(=O)C(=O)OC(C)C(=O)NCCc1ccccc1. The van der Waals surface area contributed by atoms with Crippen LogP contribution in [-0.4, -0.2) is 40.1 Å². The van der Waals surface area contributed by atoms with E-state index < -0.39 is 23.8 Å². The minimum absolute atomic E-state index is 0.217. The molecule has 0 spiro atoms. The van der Waals surface area contributed by atoms with Crippen molar-refractivity contribution in [1.29, 1.82) is 0 Å². The van der Waals surface area contributed by atoms with Crippen molar-refractivity contribution >= 4 is 17.7 Å². The van der Waals surface area contributed by atoms with E-state index >= 15 is 0 Å². The fraction of sp³-hybridized carbons (Fsp3) is 0.368. The van der Waals surface area contributed by atoms with Crippen molar-refractivity contribution in [1.82, 2.24) is 15.1 Å². The van der Waals surface area contributed by atoms with Crippen molar-refractivity contribution in [2.45, 2.75) is 33.3 Å². The van der Waals surface area contributed by atoms with Gasteiger partial charge in [-0.05, 0) is 32.8 Å². The van der Waals surface area contributed by atoms with Gasteiger partial charge in [-0.15, -0.1) is 0 Å². The van der Waals surface area contributed by atoms with E-state index in [1.807, 2.05) is 30.3 Å². The van der Waals surface area contributed by atoms with Crippen LogP contribution in [0.25, 0.3) is 0 Å². The maximum Gasteiger partial charge on any atom is 0.380 e. The molecule has 2 aromatic rings. The zero-order valence-electron chi connectivity index (χ0n) is 15.4. The highest BCUT2D eigenvalue weighted by atomic mass is 16.6. The van der Waals surface area contributed by atoms with E-state index in [0.29, 0.717) is 24.4 Å². The molecule has 1 unspecified atom stereocenters. The molecular weight excluding hydrogens is 334 g/mol. The highest BCUT2D eigenvalue weighted by Gasteiger charge is 2.28. The van der Waals surface area contributed by atoms with Gasteiger partial charge in [-0.25, -0.2) is 4.79 Å². The molecular formula is C19H23N3O4. The summed E-state index contributed by atoms with van der Waals surface area (Å²) in [5, 5.41) is 6.80. The predicted molar refractivity (Wildman–Crippen MR) is 95.7 cm³/mol. The number of ether oxygens (including phenoxy) is 1. The number of nitrogens with zero attached hydrogens (tertiary/aromatic N) is 2. The zero-order valence-corrected chi connectivity index (χ0v) is 15.4. The molecule has 0 aliphatic rings. The molecule has 1 heterocycles. The molecule has 0 bridgehead atoms. The first-order chi connectivity index (χ1) is 12.3. The summed E-state index contributed by atoms with van der Waals surface area (Å²) in [5.74, 6) is -2.30. The molecule has 2 rings (SSSR count). The molecule has 1 amide bonds. The maximum atomic E-state index is 12.3. The van der Waals surface area contributed by atoms with Gasteiger partial charge in [0.1, 0.15) is 0 Å². The molecule has 0 saturated heterocycles. The number of esters is 1. The van der Waals surface area contributed by atoms with Crippen molar-refractivity contribution in [3.63, 3.8) is 0 Å².